The molecule has 0 radical (unpaired) electrons. The van der Waals surface area contributed by atoms with Crippen LogP contribution in [-0.2, 0) is 6.42 Å². The first-order valence-electron chi connectivity index (χ1n) is 4.99. The van der Waals surface area contributed by atoms with Crippen molar-refractivity contribution in [3.8, 4) is 0 Å². The van der Waals surface area contributed by atoms with E-state index in [0.717, 1.165) is 31.7 Å². The van der Waals surface area contributed by atoms with Crippen LogP contribution in [0.15, 0.2) is 24.3 Å². The van der Waals surface area contributed by atoms with Crippen LogP contribution >= 0.6 is 0 Å². The van der Waals surface area contributed by atoms with Crippen LogP contribution < -0.4 is 5.73 Å². The fourth-order valence-electron chi connectivity index (χ4n) is 1.76. The molecule has 1 heterocycles. The van der Waals surface area contributed by atoms with E-state index in [0.29, 0.717) is 0 Å². The van der Waals surface area contributed by atoms with Crippen molar-refractivity contribution in [2.75, 3.05) is 25.4 Å². The number of benzene rings is 1. The molecule has 76 valence electrons. The van der Waals surface area contributed by atoms with E-state index in [1.54, 1.807) is 0 Å². The first kappa shape index (κ1) is 9.49. The van der Waals surface area contributed by atoms with E-state index in [4.69, 9.17) is 10.8 Å². The van der Waals surface area contributed by atoms with Crippen molar-refractivity contribution in [1.82, 2.24) is 4.90 Å². The molecule has 3 N–H and O–H groups in total. The number of nitrogens with two attached hydrogens (primary N) is 1. The summed E-state index contributed by atoms with van der Waals surface area (Å²) in [6.45, 7) is 2.66. The molecule has 3 nitrogen and oxygen atoms in total. The minimum absolute atomic E-state index is 0.101. The monoisotopic (exact) mass is 192 g/mol. The fourth-order valence-corrected chi connectivity index (χ4v) is 1.76. The van der Waals surface area contributed by atoms with Crippen LogP contribution in [0, 0.1) is 0 Å². The zero-order valence-electron chi connectivity index (χ0n) is 8.19. The second-order valence-electron chi connectivity index (χ2n) is 3.91. The molecule has 14 heavy (non-hydrogen) atoms. The summed E-state index contributed by atoms with van der Waals surface area (Å²) in [4.78, 5) is 2.24. The number of rotatable bonds is 3. The third kappa shape index (κ3) is 2.25. The van der Waals surface area contributed by atoms with Crippen molar-refractivity contribution in [2.45, 2.75) is 12.5 Å². The molecule has 0 atom stereocenters. The maximum atomic E-state index is 9.10. The van der Waals surface area contributed by atoms with Crippen molar-refractivity contribution in [1.29, 1.82) is 0 Å². The molecule has 0 spiro atoms. The van der Waals surface area contributed by atoms with Crippen LogP contribution in [0.5, 0.6) is 0 Å². The van der Waals surface area contributed by atoms with Gasteiger partial charge in [-0.15, -0.1) is 0 Å². The number of hydrogen-bond acceptors (Lipinski definition) is 3. The third-order valence-electron chi connectivity index (χ3n) is 2.61. The molecule has 1 aromatic rings. The Morgan fingerprint density at radius 2 is 2.21 bits per heavy atom. The Labute approximate surface area is 84.1 Å². The maximum absolute atomic E-state index is 9.10. The van der Waals surface area contributed by atoms with Gasteiger partial charge in [-0.25, -0.2) is 0 Å². The Morgan fingerprint density at radius 3 is 2.86 bits per heavy atom. The average molecular weight is 192 g/mol. The number of hydrogen-bond donors (Lipinski definition) is 2. The second-order valence-corrected chi connectivity index (χ2v) is 3.91. The lowest BCUT2D eigenvalue weighted by atomic mass is 10.1. The van der Waals surface area contributed by atoms with Gasteiger partial charge in [0, 0.05) is 25.3 Å². The highest BCUT2D eigenvalue weighted by atomic mass is 16.3. The van der Waals surface area contributed by atoms with Crippen molar-refractivity contribution >= 4 is 5.69 Å². The van der Waals surface area contributed by atoms with Gasteiger partial charge >= 0.3 is 0 Å². The minimum Gasteiger partial charge on any atom is -0.399 e. The smallest absolute Gasteiger partial charge is 0.0793 e. The van der Waals surface area contributed by atoms with Gasteiger partial charge in [0.05, 0.1) is 6.10 Å². The Balaban J connectivity index is 1.80. The van der Waals surface area contributed by atoms with Crippen LogP contribution in [-0.4, -0.2) is 35.7 Å². The second kappa shape index (κ2) is 3.98. The number of nitrogen functional groups attached to an aromatic ring is 1. The molecular weight excluding hydrogens is 176 g/mol. The summed E-state index contributed by atoms with van der Waals surface area (Å²) in [5, 5.41) is 9.10. The molecule has 3 heteroatoms. The molecule has 1 fully saturated rings. The summed E-state index contributed by atoms with van der Waals surface area (Å²) < 4.78 is 0. The van der Waals surface area contributed by atoms with Crippen LogP contribution in [0.3, 0.4) is 0 Å². The van der Waals surface area contributed by atoms with Crippen molar-refractivity contribution in [3.05, 3.63) is 29.8 Å². The fraction of sp³-hybridized carbons (Fsp3) is 0.455. The van der Waals surface area contributed by atoms with Gasteiger partial charge in [0.25, 0.3) is 0 Å². The summed E-state index contributed by atoms with van der Waals surface area (Å²) >= 11 is 0. The number of β-amino-alcohol motifs (C(OH)–C–C–N with tert-alkyl or cyclic N) is 1. The van der Waals surface area contributed by atoms with Gasteiger partial charge < -0.3 is 10.8 Å². The molecule has 1 aliphatic rings. The minimum atomic E-state index is -0.101. The molecule has 0 aliphatic carbocycles. The topological polar surface area (TPSA) is 49.5 Å². The molecule has 1 saturated heterocycles. The molecule has 0 amide bonds. The van der Waals surface area contributed by atoms with Crippen LogP contribution in [0.1, 0.15) is 5.56 Å². The first-order valence-corrected chi connectivity index (χ1v) is 4.99. The molecule has 1 aromatic carbocycles. The van der Waals surface area contributed by atoms with E-state index in [-0.39, 0.29) is 6.10 Å². The summed E-state index contributed by atoms with van der Waals surface area (Å²) in [5.41, 5.74) is 7.77. The lowest BCUT2D eigenvalue weighted by Gasteiger charge is -2.35. The van der Waals surface area contributed by atoms with E-state index >= 15 is 0 Å². The number of anilines is 1. The average Bonchev–Trinajstić information content (AvgIpc) is 2.11. The molecule has 0 unspecified atom stereocenters. The van der Waals surface area contributed by atoms with Gasteiger partial charge in [-0.2, -0.15) is 0 Å². The number of likely N-dealkylation sites (tertiary alicyclic amines) is 1. The molecule has 1 aliphatic heterocycles. The lowest BCUT2D eigenvalue weighted by Crippen LogP contribution is -2.51. The largest absolute Gasteiger partial charge is 0.399 e. The Morgan fingerprint density at radius 1 is 1.43 bits per heavy atom. The van der Waals surface area contributed by atoms with Crippen molar-refractivity contribution in [3.63, 3.8) is 0 Å². The predicted octanol–water partition coefficient (Wildman–Crippen LogP) is 0.488. The number of aliphatic hydroxyl groups is 1. The molecule has 0 bridgehead atoms. The normalized spacial score (nSPS) is 18.1. The van der Waals surface area contributed by atoms with Gasteiger partial charge in [0.15, 0.2) is 0 Å². The summed E-state index contributed by atoms with van der Waals surface area (Å²) in [6, 6.07) is 7.98. The lowest BCUT2D eigenvalue weighted by molar-refractivity contribution is 0.00311. The highest BCUT2D eigenvalue weighted by Gasteiger charge is 2.23. The molecule has 0 saturated carbocycles. The van der Waals surface area contributed by atoms with Crippen molar-refractivity contribution in [2.24, 2.45) is 0 Å². The van der Waals surface area contributed by atoms with E-state index in [1.165, 1.54) is 5.56 Å². The van der Waals surface area contributed by atoms with Gasteiger partial charge in [-0.05, 0) is 24.1 Å². The van der Waals surface area contributed by atoms with E-state index < -0.39 is 0 Å². The first-order chi connectivity index (χ1) is 6.74. The number of nitrogens with zero attached hydrogens (tertiary/aromatic N) is 1. The molecular formula is C11H16N2O. The summed E-state index contributed by atoms with van der Waals surface area (Å²) in [5.74, 6) is 0. The maximum Gasteiger partial charge on any atom is 0.0793 e. The van der Waals surface area contributed by atoms with Crippen LogP contribution in [0.25, 0.3) is 0 Å². The summed E-state index contributed by atoms with van der Waals surface area (Å²) in [7, 11) is 0. The van der Waals surface area contributed by atoms with Gasteiger partial charge in [-0.3, -0.25) is 4.90 Å². The van der Waals surface area contributed by atoms with E-state index in [1.807, 2.05) is 18.2 Å². The third-order valence-corrected chi connectivity index (χ3v) is 2.61. The summed E-state index contributed by atoms with van der Waals surface area (Å²) in [6.07, 6.45) is 0.911. The number of aliphatic hydroxyl groups excluding tert-OH is 1. The van der Waals surface area contributed by atoms with Crippen LogP contribution in [0.4, 0.5) is 5.69 Å². The Hall–Kier alpha value is -1.06. The molecule has 0 aromatic heterocycles. The standard InChI is InChI=1S/C11H16N2O/c12-10-3-1-2-9(6-10)4-5-13-7-11(14)8-13/h1-3,6,11,14H,4-5,7-8,12H2. The van der Waals surface area contributed by atoms with Gasteiger partial charge in [0.2, 0.25) is 0 Å². The van der Waals surface area contributed by atoms with E-state index in [9.17, 15) is 0 Å². The van der Waals surface area contributed by atoms with Gasteiger partial charge in [-0.1, -0.05) is 12.1 Å². The molecule has 2 rings (SSSR count). The van der Waals surface area contributed by atoms with Crippen molar-refractivity contribution < 1.29 is 5.11 Å². The zero-order chi connectivity index (χ0) is 9.97. The van der Waals surface area contributed by atoms with Crippen LogP contribution in [0.2, 0.25) is 0 Å². The zero-order valence-corrected chi connectivity index (χ0v) is 8.19. The highest BCUT2D eigenvalue weighted by Crippen LogP contribution is 2.11. The SMILES string of the molecule is Nc1cccc(CCN2CC(O)C2)c1. The quantitative estimate of drug-likeness (QED) is 0.685. The predicted molar refractivity (Wildman–Crippen MR) is 57.0 cm³/mol. The highest BCUT2D eigenvalue weighted by molar-refractivity contribution is 5.40. The Kier molecular flexibility index (Phi) is 2.70. The van der Waals surface area contributed by atoms with E-state index in [2.05, 4.69) is 11.0 Å². The van der Waals surface area contributed by atoms with Gasteiger partial charge in [0.1, 0.15) is 0 Å². The Bertz CT molecular complexity index is 308.